The summed E-state index contributed by atoms with van der Waals surface area (Å²) in [5.74, 6) is 0.284. The predicted molar refractivity (Wildman–Crippen MR) is 139 cm³/mol. The van der Waals surface area contributed by atoms with Crippen LogP contribution in [-0.4, -0.2) is 33.6 Å². The number of non-ortho nitro benzene ring substituents is 1. The number of nitro groups is 1. The van der Waals surface area contributed by atoms with Crippen LogP contribution < -0.4 is 9.47 Å². The molecule has 0 amide bonds. The van der Waals surface area contributed by atoms with Crippen LogP contribution in [0.4, 0.5) is 5.69 Å². The summed E-state index contributed by atoms with van der Waals surface area (Å²) in [7, 11) is 1.51. The quantitative estimate of drug-likeness (QED) is 0.129. The second-order valence-electron chi connectivity index (χ2n) is 8.03. The van der Waals surface area contributed by atoms with Gasteiger partial charge in [0.1, 0.15) is 18.1 Å². The molecule has 2 aromatic heterocycles. The molecule has 4 aromatic rings. The molecule has 0 unspecified atom stereocenters. The van der Waals surface area contributed by atoms with Crippen LogP contribution in [0.25, 0.3) is 23.1 Å². The molecule has 0 saturated heterocycles. The molecule has 9 heteroatoms. The molecule has 0 spiro atoms. The lowest BCUT2D eigenvalue weighted by Gasteiger charge is -2.09. The number of aromatic nitrogens is 2. The molecule has 0 atom stereocenters. The Morgan fingerprint density at radius 3 is 2.59 bits per heavy atom. The Hall–Kier alpha value is -5.05. The Bertz CT molecular complexity index is 1510. The standard InChI is InChI=1S/C28H23N3O6/c1-36-28-17-24(37-18-21-4-2-3-12-29-21)10-7-20(28)6-9-23(33)16-22(32)8-5-19-14-26-25(11-13-30-26)27(15-19)31(34)35/h2-15,17,30H,16,18H2,1H3/b8-5+,9-6+. The summed E-state index contributed by atoms with van der Waals surface area (Å²) in [6, 6.07) is 15.5. The average molecular weight is 498 g/mol. The molecule has 0 bridgehead atoms. The monoisotopic (exact) mass is 497 g/mol. The highest BCUT2D eigenvalue weighted by molar-refractivity contribution is 6.11. The molecule has 0 aliphatic carbocycles. The number of ketones is 2. The highest BCUT2D eigenvalue weighted by Gasteiger charge is 2.14. The molecule has 2 heterocycles. The van der Waals surface area contributed by atoms with Gasteiger partial charge in [0.2, 0.25) is 0 Å². The molecule has 2 aromatic carbocycles. The van der Waals surface area contributed by atoms with Crippen molar-refractivity contribution in [1.82, 2.24) is 9.97 Å². The second kappa shape index (κ2) is 11.6. The van der Waals surface area contributed by atoms with Crippen LogP contribution in [-0.2, 0) is 16.2 Å². The number of fused-ring (bicyclic) bond motifs is 1. The molecular formula is C28H23N3O6. The van der Waals surface area contributed by atoms with Crippen LogP contribution in [0.5, 0.6) is 11.5 Å². The van der Waals surface area contributed by atoms with Gasteiger partial charge in [0.25, 0.3) is 5.69 Å². The Balaban J connectivity index is 1.36. The van der Waals surface area contributed by atoms with Gasteiger partial charge in [0.15, 0.2) is 11.6 Å². The zero-order valence-electron chi connectivity index (χ0n) is 19.9. The zero-order chi connectivity index (χ0) is 26.2. The summed E-state index contributed by atoms with van der Waals surface area (Å²) in [6.45, 7) is 0.305. The number of ether oxygens (including phenoxy) is 2. The number of nitro benzene ring substituents is 1. The van der Waals surface area contributed by atoms with Gasteiger partial charge in [-0.1, -0.05) is 12.1 Å². The molecule has 37 heavy (non-hydrogen) atoms. The van der Waals surface area contributed by atoms with E-state index in [4.69, 9.17) is 9.47 Å². The van der Waals surface area contributed by atoms with Crippen molar-refractivity contribution in [3.05, 3.63) is 106 Å². The van der Waals surface area contributed by atoms with Crippen LogP contribution in [0, 0.1) is 10.1 Å². The predicted octanol–water partition coefficient (Wildman–Crippen LogP) is 5.31. The first kappa shape index (κ1) is 25.1. The normalized spacial score (nSPS) is 11.3. The van der Waals surface area contributed by atoms with Gasteiger partial charge in [-0.25, -0.2) is 0 Å². The Morgan fingerprint density at radius 1 is 1.05 bits per heavy atom. The average Bonchev–Trinajstić information content (AvgIpc) is 3.38. The summed E-state index contributed by atoms with van der Waals surface area (Å²) in [6.07, 6.45) is 8.55. The number of carbonyl (C=O) groups is 2. The summed E-state index contributed by atoms with van der Waals surface area (Å²) >= 11 is 0. The first-order chi connectivity index (χ1) is 17.9. The number of pyridine rings is 1. The molecule has 0 fully saturated rings. The first-order valence-electron chi connectivity index (χ1n) is 11.3. The largest absolute Gasteiger partial charge is 0.496 e. The third kappa shape index (κ3) is 6.55. The minimum Gasteiger partial charge on any atom is -0.496 e. The Labute approximate surface area is 212 Å². The fraction of sp³-hybridized carbons (Fsp3) is 0.107. The second-order valence-corrected chi connectivity index (χ2v) is 8.03. The highest BCUT2D eigenvalue weighted by atomic mass is 16.6. The smallest absolute Gasteiger partial charge is 0.279 e. The highest BCUT2D eigenvalue weighted by Crippen LogP contribution is 2.28. The van der Waals surface area contributed by atoms with Crippen LogP contribution in [0.1, 0.15) is 23.2 Å². The first-order valence-corrected chi connectivity index (χ1v) is 11.3. The molecule has 0 aliphatic heterocycles. The number of hydrogen-bond acceptors (Lipinski definition) is 7. The number of aromatic amines is 1. The van der Waals surface area contributed by atoms with E-state index in [-0.39, 0.29) is 12.1 Å². The van der Waals surface area contributed by atoms with Gasteiger partial charge >= 0.3 is 0 Å². The lowest BCUT2D eigenvalue weighted by Crippen LogP contribution is -2.02. The van der Waals surface area contributed by atoms with E-state index < -0.39 is 16.5 Å². The molecule has 1 N–H and O–H groups in total. The minimum atomic E-state index is -0.475. The van der Waals surface area contributed by atoms with E-state index >= 15 is 0 Å². The van der Waals surface area contributed by atoms with Crippen molar-refractivity contribution >= 4 is 40.3 Å². The number of H-pyrrole nitrogens is 1. The van der Waals surface area contributed by atoms with Crippen molar-refractivity contribution in [3.63, 3.8) is 0 Å². The van der Waals surface area contributed by atoms with E-state index in [1.54, 1.807) is 48.8 Å². The topological polar surface area (TPSA) is 124 Å². The van der Waals surface area contributed by atoms with E-state index in [1.807, 2.05) is 18.2 Å². The number of methoxy groups -OCH3 is 1. The Morgan fingerprint density at radius 2 is 1.86 bits per heavy atom. The molecule has 0 radical (unpaired) electrons. The van der Waals surface area contributed by atoms with Crippen molar-refractivity contribution in [2.24, 2.45) is 0 Å². The minimum absolute atomic E-state index is 0.0630. The van der Waals surface area contributed by atoms with E-state index in [0.717, 1.165) is 5.69 Å². The Kier molecular flexibility index (Phi) is 7.85. The number of rotatable bonds is 11. The molecular weight excluding hydrogens is 474 g/mol. The molecule has 0 saturated carbocycles. The van der Waals surface area contributed by atoms with Crippen LogP contribution in [0.15, 0.2) is 79.1 Å². The van der Waals surface area contributed by atoms with Gasteiger partial charge in [-0.3, -0.25) is 24.7 Å². The number of allylic oxidation sites excluding steroid dienone is 2. The van der Waals surface area contributed by atoms with Crippen LogP contribution >= 0.6 is 0 Å². The molecule has 0 aliphatic rings. The lowest BCUT2D eigenvalue weighted by molar-refractivity contribution is -0.383. The maximum Gasteiger partial charge on any atom is 0.279 e. The van der Waals surface area contributed by atoms with E-state index in [2.05, 4.69) is 9.97 Å². The number of nitrogens with one attached hydrogen (secondary N) is 1. The van der Waals surface area contributed by atoms with Gasteiger partial charge in [0.05, 0.1) is 35.1 Å². The molecule has 9 nitrogen and oxygen atoms in total. The number of carbonyl (C=O) groups excluding carboxylic acids is 2. The van der Waals surface area contributed by atoms with Gasteiger partial charge in [-0.2, -0.15) is 0 Å². The van der Waals surface area contributed by atoms with Crippen LogP contribution in [0.2, 0.25) is 0 Å². The fourth-order valence-electron chi connectivity index (χ4n) is 3.64. The number of hydrogen-bond donors (Lipinski definition) is 1. The van der Waals surface area contributed by atoms with Crippen molar-refractivity contribution in [2.75, 3.05) is 7.11 Å². The zero-order valence-corrected chi connectivity index (χ0v) is 19.9. The van der Waals surface area contributed by atoms with E-state index in [0.29, 0.717) is 40.1 Å². The number of nitrogens with zero attached hydrogens (tertiary/aromatic N) is 2. The van der Waals surface area contributed by atoms with Gasteiger partial charge in [-0.05, 0) is 60.2 Å². The third-order valence-corrected chi connectivity index (χ3v) is 5.44. The molecule has 4 rings (SSSR count). The summed E-state index contributed by atoms with van der Waals surface area (Å²) in [4.78, 5) is 42.6. The van der Waals surface area contributed by atoms with Gasteiger partial charge < -0.3 is 14.5 Å². The van der Waals surface area contributed by atoms with Crippen molar-refractivity contribution in [1.29, 1.82) is 0 Å². The summed E-state index contributed by atoms with van der Waals surface area (Å²) < 4.78 is 11.1. The maximum atomic E-state index is 12.3. The maximum absolute atomic E-state index is 12.3. The van der Waals surface area contributed by atoms with Crippen molar-refractivity contribution in [3.8, 4) is 11.5 Å². The summed E-state index contributed by atoms with van der Waals surface area (Å²) in [5.41, 5.74) is 2.44. The number of benzene rings is 2. The van der Waals surface area contributed by atoms with Gasteiger partial charge in [-0.15, -0.1) is 0 Å². The summed E-state index contributed by atoms with van der Waals surface area (Å²) in [5, 5.41) is 11.8. The van der Waals surface area contributed by atoms with E-state index in [9.17, 15) is 19.7 Å². The van der Waals surface area contributed by atoms with Gasteiger partial charge in [0, 0.05) is 30.1 Å². The SMILES string of the molecule is COc1cc(OCc2ccccn2)ccc1/C=C/C(=O)CC(=O)/C=C/c1cc([N+](=O)[O-])c2cc[nH]c2c1. The van der Waals surface area contributed by atoms with E-state index in [1.165, 1.54) is 31.4 Å². The third-order valence-electron chi connectivity index (χ3n) is 5.44. The van der Waals surface area contributed by atoms with Crippen molar-refractivity contribution < 1.29 is 24.0 Å². The van der Waals surface area contributed by atoms with Crippen molar-refractivity contribution in [2.45, 2.75) is 13.0 Å². The van der Waals surface area contributed by atoms with Crippen LogP contribution in [0.3, 0.4) is 0 Å². The molecule has 186 valence electrons. The lowest BCUT2D eigenvalue weighted by atomic mass is 10.1. The fourth-order valence-corrected chi connectivity index (χ4v) is 3.64.